The number of pyridine rings is 1. The molecule has 3 rings (SSSR count). The summed E-state index contributed by atoms with van der Waals surface area (Å²) in [6.45, 7) is 2.73. The predicted octanol–water partition coefficient (Wildman–Crippen LogP) is 4.25. The molecule has 0 bridgehead atoms. The van der Waals surface area contributed by atoms with E-state index in [1.54, 1.807) is 30.5 Å². The van der Waals surface area contributed by atoms with Crippen molar-refractivity contribution < 1.29 is 17.7 Å². The number of halogens is 3. The molecule has 2 heterocycles. The Bertz CT molecular complexity index is 828. The highest BCUT2D eigenvalue weighted by Gasteiger charge is 2.38. The third-order valence-corrected chi connectivity index (χ3v) is 3.26. The summed E-state index contributed by atoms with van der Waals surface area (Å²) in [5, 5.41) is 6.49. The van der Waals surface area contributed by atoms with Crippen LogP contribution in [0.5, 0.6) is 0 Å². The Morgan fingerprint density at radius 2 is 1.75 bits per heavy atom. The number of hydrogen-bond donors (Lipinski definition) is 1. The second-order valence-electron chi connectivity index (χ2n) is 4.96. The average molecular weight is 334 g/mol. The maximum Gasteiger partial charge on any atom is 0.471 e. The predicted molar refractivity (Wildman–Crippen MR) is 82.1 cm³/mol. The van der Waals surface area contributed by atoms with E-state index in [-0.39, 0.29) is 5.82 Å². The van der Waals surface area contributed by atoms with Crippen LogP contribution in [0.1, 0.15) is 12.8 Å². The Kier molecular flexibility index (Phi) is 4.20. The molecule has 0 aliphatic heterocycles. The van der Waals surface area contributed by atoms with Gasteiger partial charge in [-0.15, -0.1) is 0 Å². The molecule has 8 heteroatoms. The van der Waals surface area contributed by atoms with Crippen LogP contribution in [0.4, 0.5) is 19.0 Å². The lowest BCUT2D eigenvalue weighted by atomic mass is 10.0. The van der Waals surface area contributed by atoms with Crippen LogP contribution in [-0.4, -0.2) is 21.7 Å². The Hall–Kier alpha value is -2.90. The fraction of sp³-hybridized carbons (Fsp3) is 0.188. The third-order valence-electron chi connectivity index (χ3n) is 3.26. The van der Waals surface area contributed by atoms with Gasteiger partial charge in [0.15, 0.2) is 0 Å². The minimum absolute atomic E-state index is 0.100. The van der Waals surface area contributed by atoms with Crippen molar-refractivity contribution in [1.29, 1.82) is 0 Å². The van der Waals surface area contributed by atoms with Gasteiger partial charge in [-0.2, -0.15) is 18.2 Å². The Morgan fingerprint density at radius 3 is 2.38 bits per heavy atom. The summed E-state index contributed by atoms with van der Waals surface area (Å²) in [4.78, 5) is 7.57. The van der Waals surface area contributed by atoms with E-state index in [1.165, 1.54) is 0 Å². The number of alkyl halides is 3. The fourth-order valence-electron chi connectivity index (χ4n) is 2.16. The molecule has 1 N–H and O–H groups in total. The molecule has 0 radical (unpaired) electrons. The first-order valence-electron chi connectivity index (χ1n) is 7.19. The van der Waals surface area contributed by atoms with Gasteiger partial charge in [-0.3, -0.25) is 0 Å². The molecule has 0 unspecified atom stereocenters. The van der Waals surface area contributed by atoms with E-state index in [0.717, 1.165) is 23.5 Å². The second-order valence-corrected chi connectivity index (χ2v) is 4.96. The molecule has 0 atom stereocenters. The summed E-state index contributed by atoms with van der Waals surface area (Å²) in [5.41, 5.74) is 2.29. The molecule has 3 aromatic rings. The zero-order valence-electron chi connectivity index (χ0n) is 12.6. The number of nitrogens with zero attached hydrogens (tertiary/aromatic N) is 3. The summed E-state index contributed by atoms with van der Waals surface area (Å²) in [7, 11) is 0. The number of anilines is 1. The quantitative estimate of drug-likeness (QED) is 0.773. The van der Waals surface area contributed by atoms with Gasteiger partial charge in [-0.25, -0.2) is 4.98 Å². The van der Waals surface area contributed by atoms with Gasteiger partial charge in [0.1, 0.15) is 5.82 Å². The van der Waals surface area contributed by atoms with Gasteiger partial charge in [-0.05, 0) is 30.2 Å². The van der Waals surface area contributed by atoms with Crippen molar-refractivity contribution >= 4 is 5.82 Å². The Labute approximate surface area is 135 Å². The van der Waals surface area contributed by atoms with E-state index in [1.807, 2.05) is 19.1 Å². The van der Waals surface area contributed by atoms with E-state index in [9.17, 15) is 13.2 Å². The van der Waals surface area contributed by atoms with Crippen LogP contribution in [0.3, 0.4) is 0 Å². The number of rotatable bonds is 4. The largest absolute Gasteiger partial charge is 0.471 e. The standard InChI is InChI=1S/C16H13F3N4O/c1-2-20-13-9-12(7-8-21-13)10-3-5-11(6-4-10)14-22-15(24-23-14)16(17,18)19/h3-9H,2H2,1H3,(H,20,21). The van der Waals surface area contributed by atoms with E-state index < -0.39 is 12.1 Å². The number of nitrogens with one attached hydrogen (secondary N) is 1. The SMILES string of the molecule is CCNc1cc(-c2ccc(-c3noc(C(F)(F)F)n3)cc2)ccn1. The highest BCUT2D eigenvalue weighted by atomic mass is 19.4. The van der Waals surface area contributed by atoms with Gasteiger partial charge < -0.3 is 9.84 Å². The van der Waals surface area contributed by atoms with Crippen LogP contribution in [0.25, 0.3) is 22.5 Å². The highest BCUT2D eigenvalue weighted by molar-refractivity contribution is 5.69. The third kappa shape index (κ3) is 3.37. The van der Waals surface area contributed by atoms with Crippen molar-refractivity contribution in [3.05, 3.63) is 48.5 Å². The molecule has 0 fully saturated rings. The molecule has 0 saturated carbocycles. The van der Waals surface area contributed by atoms with Crippen LogP contribution in [0, 0.1) is 0 Å². The van der Waals surface area contributed by atoms with Gasteiger partial charge >= 0.3 is 12.1 Å². The summed E-state index contributed by atoms with van der Waals surface area (Å²) in [5.74, 6) is -0.699. The maximum atomic E-state index is 12.5. The van der Waals surface area contributed by atoms with Gasteiger partial charge in [0.25, 0.3) is 0 Å². The number of aromatic nitrogens is 3. The van der Waals surface area contributed by atoms with Crippen LogP contribution >= 0.6 is 0 Å². The minimum Gasteiger partial charge on any atom is -0.370 e. The summed E-state index contributed by atoms with van der Waals surface area (Å²) in [6, 6.07) is 10.6. The number of benzene rings is 1. The lowest BCUT2D eigenvalue weighted by Gasteiger charge is -2.06. The Balaban J connectivity index is 1.85. The normalized spacial score (nSPS) is 11.5. The van der Waals surface area contributed by atoms with Gasteiger partial charge in [0.05, 0.1) is 0 Å². The summed E-state index contributed by atoms with van der Waals surface area (Å²) in [6.07, 6.45) is -2.96. The molecule has 0 saturated heterocycles. The van der Waals surface area contributed by atoms with Gasteiger partial charge in [-0.1, -0.05) is 29.4 Å². The molecule has 0 aliphatic carbocycles. The van der Waals surface area contributed by atoms with E-state index in [4.69, 9.17) is 0 Å². The summed E-state index contributed by atoms with van der Waals surface area (Å²) >= 11 is 0. The molecule has 0 amide bonds. The van der Waals surface area contributed by atoms with Crippen LogP contribution < -0.4 is 5.32 Å². The minimum atomic E-state index is -4.65. The first-order valence-corrected chi connectivity index (χ1v) is 7.19. The van der Waals surface area contributed by atoms with Crippen molar-refractivity contribution in [3.63, 3.8) is 0 Å². The van der Waals surface area contributed by atoms with E-state index >= 15 is 0 Å². The average Bonchev–Trinajstić information content (AvgIpc) is 3.06. The second kappa shape index (κ2) is 6.31. The summed E-state index contributed by atoms with van der Waals surface area (Å²) < 4.78 is 41.7. The van der Waals surface area contributed by atoms with Crippen LogP contribution in [0.15, 0.2) is 47.1 Å². The smallest absolute Gasteiger partial charge is 0.370 e. The monoisotopic (exact) mass is 334 g/mol. The van der Waals surface area contributed by atoms with E-state index in [0.29, 0.717) is 5.56 Å². The molecule has 24 heavy (non-hydrogen) atoms. The molecule has 1 aromatic carbocycles. The van der Waals surface area contributed by atoms with Crippen molar-refractivity contribution in [2.75, 3.05) is 11.9 Å². The maximum absolute atomic E-state index is 12.5. The first kappa shape index (κ1) is 16.0. The molecule has 124 valence electrons. The molecule has 0 spiro atoms. The lowest BCUT2D eigenvalue weighted by Crippen LogP contribution is -2.04. The molecular formula is C16H13F3N4O. The highest BCUT2D eigenvalue weighted by Crippen LogP contribution is 2.30. The zero-order valence-corrected chi connectivity index (χ0v) is 12.6. The number of hydrogen-bond acceptors (Lipinski definition) is 5. The molecule has 5 nitrogen and oxygen atoms in total. The molecular weight excluding hydrogens is 321 g/mol. The van der Waals surface area contributed by atoms with Crippen molar-refractivity contribution in [2.45, 2.75) is 13.1 Å². The van der Waals surface area contributed by atoms with Crippen LogP contribution in [-0.2, 0) is 6.18 Å². The Morgan fingerprint density at radius 1 is 1.04 bits per heavy atom. The molecule has 2 aromatic heterocycles. The molecule has 0 aliphatic rings. The lowest BCUT2D eigenvalue weighted by molar-refractivity contribution is -0.159. The van der Waals surface area contributed by atoms with Gasteiger partial charge in [0, 0.05) is 18.3 Å². The van der Waals surface area contributed by atoms with Crippen molar-refractivity contribution in [2.24, 2.45) is 0 Å². The topological polar surface area (TPSA) is 63.8 Å². The van der Waals surface area contributed by atoms with Crippen molar-refractivity contribution in [1.82, 2.24) is 15.1 Å². The zero-order chi connectivity index (χ0) is 17.2. The van der Waals surface area contributed by atoms with Gasteiger partial charge in [0.2, 0.25) is 5.82 Å². The van der Waals surface area contributed by atoms with Crippen LogP contribution in [0.2, 0.25) is 0 Å². The van der Waals surface area contributed by atoms with Crippen molar-refractivity contribution in [3.8, 4) is 22.5 Å². The fourth-order valence-corrected chi connectivity index (χ4v) is 2.16. The first-order chi connectivity index (χ1) is 11.5. The van der Waals surface area contributed by atoms with E-state index in [2.05, 4.69) is 25.0 Å².